The maximum Gasteiger partial charge on any atom is 0.224 e. The number of hydrogen-bond acceptors (Lipinski definition) is 2. The molecular weight excluding hydrogens is 231 g/mol. The van der Waals surface area contributed by atoms with Crippen molar-refractivity contribution in [2.24, 2.45) is 5.73 Å². The van der Waals surface area contributed by atoms with Crippen molar-refractivity contribution in [2.75, 3.05) is 0 Å². The number of nitrogens with one attached hydrogen (secondary N) is 1. The van der Waals surface area contributed by atoms with E-state index < -0.39 is 0 Å². The van der Waals surface area contributed by atoms with Gasteiger partial charge in [-0.2, -0.15) is 0 Å². The summed E-state index contributed by atoms with van der Waals surface area (Å²) in [5, 5.41) is 2.97. The van der Waals surface area contributed by atoms with Crippen LogP contribution in [0.5, 0.6) is 0 Å². The van der Waals surface area contributed by atoms with Crippen LogP contribution in [0.1, 0.15) is 31.2 Å². The zero-order valence-electron chi connectivity index (χ0n) is 10.4. The number of amides is 1. The van der Waals surface area contributed by atoms with E-state index in [2.05, 4.69) is 5.32 Å². The minimum atomic E-state index is -0.284. The third kappa shape index (κ3) is 3.53. The van der Waals surface area contributed by atoms with E-state index in [-0.39, 0.29) is 30.2 Å². The SMILES string of the molecule is NC1CCCCC1NC(=O)Cc1ccc(F)cc1. The van der Waals surface area contributed by atoms with E-state index >= 15 is 0 Å². The normalized spacial score (nSPS) is 23.7. The predicted octanol–water partition coefficient (Wildman–Crippen LogP) is 1.75. The summed E-state index contributed by atoms with van der Waals surface area (Å²) >= 11 is 0. The Hall–Kier alpha value is -1.42. The monoisotopic (exact) mass is 250 g/mol. The largest absolute Gasteiger partial charge is 0.352 e. The van der Waals surface area contributed by atoms with Crippen LogP contribution in [0.25, 0.3) is 0 Å². The fourth-order valence-electron chi connectivity index (χ4n) is 2.38. The van der Waals surface area contributed by atoms with Gasteiger partial charge in [-0.3, -0.25) is 4.79 Å². The van der Waals surface area contributed by atoms with Crippen LogP contribution in [0.3, 0.4) is 0 Å². The van der Waals surface area contributed by atoms with Crippen LogP contribution in [-0.4, -0.2) is 18.0 Å². The molecule has 0 spiro atoms. The zero-order valence-corrected chi connectivity index (χ0v) is 10.4. The van der Waals surface area contributed by atoms with E-state index in [1.807, 2.05) is 0 Å². The van der Waals surface area contributed by atoms with E-state index in [0.717, 1.165) is 31.2 Å². The molecule has 1 amide bonds. The molecule has 4 heteroatoms. The van der Waals surface area contributed by atoms with Crippen LogP contribution in [-0.2, 0) is 11.2 Å². The maximum absolute atomic E-state index is 12.7. The van der Waals surface area contributed by atoms with Crippen LogP contribution < -0.4 is 11.1 Å². The average molecular weight is 250 g/mol. The molecule has 3 nitrogen and oxygen atoms in total. The second kappa shape index (κ2) is 5.96. The highest BCUT2D eigenvalue weighted by Gasteiger charge is 2.23. The average Bonchev–Trinajstić information content (AvgIpc) is 2.35. The Morgan fingerprint density at radius 1 is 1.28 bits per heavy atom. The fraction of sp³-hybridized carbons (Fsp3) is 0.500. The molecule has 1 fully saturated rings. The zero-order chi connectivity index (χ0) is 13.0. The molecule has 0 saturated heterocycles. The summed E-state index contributed by atoms with van der Waals surface area (Å²) in [6.45, 7) is 0. The molecule has 0 radical (unpaired) electrons. The van der Waals surface area contributed by atoms with Crippen LogP contribution in [0.2, 0.25) is 0 Å². The molecule has 3 N–H and O–H groups in total. The van der Waals surface area contributed by atoms with Crippen molar-refractivity contribution >= 4 is 5.91 Å². The van der Waals surface area contributed by atoms with E-state index in [1.165, 1.54) is 12.1 Å². The lowest BCUT2D eigenvalue weighted by molar-refractivity contribution is -0.121. The Morgan fingerprint density at radius 2 is 1.94 bits per heavy atom. The van der Waals surface area contributed by atoms with Gasteiger partial charge in [-0.05, 0) is 30.5 Å². The van der Waals surface area contributed by atoms with Crippen molar-refractivity contribution in [3.63, 3.8) is 0 Å². The van der Waals surface area contributed by atoms with Crippen molar-refractivity contribution < 1.29 is 9.18 Å². The van der Waals surface area contributed by atoms with Gasteiger partial charge in [0.15, 0.2) is 0 Å². The summed E-state index contributed by atoms with van der Waals surface area (Å²) in [6.07, 6.45) is 4.47. The first kappa shape index (κ1) is 13.0. The molecule has 0 aliphatic heterocycles. The lowest BCUT2D eigenvalue weighted by Gasteiger charge is -2.29. The molecule has 1 aliphatic rings. The van der Waals surface area contributed by atoms with Crippen molar-refractivity contribution in [1.82, 2.24) is 5.32 Å². The van der Waals surface area contributed by atoms with Gasteiger partial charge in [-0.25, -0.2) is 4.39 Å². The van der Waals surface area contributed by atoms with Crippen molar-refractivity contribution in [3.05, 3.63) is 35.6 Å². The number of carbonyl (C=O) groups excluding carboxylic acids is 1. The lowest BCUT2D eigenvalue weighted by atomic mass is 9.91. The van der Waals surface area contributed by atoms with Crippen LogP contribution in [0, 0.1) is 5.82 Å². The van der Waals surface area contributed by atoms with E-state index in [0.29, 0.717) is 0 Å². The molecule has 2 rings (SSSR count). The van der Waals surface area contributed by atoms with E-state index in [1.54, 1.807) is 12.1 Å². The molecule has 0 heterocycles. The second-order valence-electron chi connectivity index (χ2n) is 4.93. The van der Waals surface area contributed by atoms with Gasteiger partial charge in [0.05, 0.1) is 6.42 Å². The topological polar surface area (TPSA) is 55.1 Å². The van der Waals surface area contributed by atoms with Gasteiger partial charge in [-0.1, -0.05) is 25.0 Å². The summed E-state index contributed by atoms with van der Waals surface area (Å²) < 4.78 is 12.7. The van der Waals surface area contributed by atoms with Crippen molar-refractivity contribution in [1.29, 1.82) is 0 Å². The number of carbonyl (C=O) groups is 1. The molecule has 1 aliphatic carbocycles. The predicted molar refractivity (Wildman–Crippen MR) is 68.5 cm³/mol. The molecular formula is C14H19FN2O. The second-order valence-corrected chi connectivity index (χ2v) is 4.93. The first-order chi connectivity index (χ1) is 8.65. The van der Waals surface area contributed by atoms with Crippen molar-refractivity contribution in [2.45, 2.75) is 44.2 Å². The molecule has 1 saturated carbocycles. The van der Waals surface area contributed by atoms with Gasteiger partial charge in [0.25, 0.3) is 0 Å². The Kier molecular flexibility index (Phi) is 4.31. The Bertz CT molecular complexity index is 405. The minimum Gasteiger partial charge on any atom is -0.352 e. The van der Waals surface area contributed by atoms with Gasteiger partial charge < -0.3 is 11.1 Å². The highest BCUT2D eigenvalue weighted by atomic mass is 19.1. The summed E-state index contributed by atoms with van der Waals surface area (Å²) in [5.41, 5.74) is 6.79. The van der Waals surface area contributed by atoms with Gasteiger partial charge in [-0.15, -0.1) is 0 Å². The first-order valence-electron chi connectivity index (χ1n) is 6.44. The lowest BCUT2D eigenvalue weighted by Crippen LogP contribution is -2.49. The van der Waals surface area contributed by atoms with Crippen LogP contribution >= 0.6 is 0 Å². The van der Waals surface area contributed by atoms with Crippen LogP contribution in [0.4, 0.5) is 4.39 Å². The van der Waals surface area contributed by atoms with Crippen LogP contribution in [0.15, 0.2) is 24.3 Å². The summed E-state index contributed by atoms with van der Waals surface area (Å²) in [6, 6.07) is 6.16. The number of halogens is 1. The molecule has 0 aromatic heterocycles. The van der Waals surface area contributed by atoms with E-state index in [4.69, 9.17) is 5.73 Å². The molecule has 2 atom stereocenters. The molecule has 0 bridgehead atoms. The Balaban J connectivity index is 1.86. The molecule has 1 aromatic rings. The number of hydrogen-bond donors (Lipinski definition) is 2. The number of rotatable bonds is 3. The Morgan fingerprint density at radius 3 is 2.61 bits per heavy atom. The smallest absolute Gasteiger partial charge is 0.224 e. The van der Waals surface area contributed by atoms with Gasteiger partial charge >= 0.3 is 0 Å². The third-order valence-corrected chi connectivity index (χ3v) is 3.44. The highest BCUT2D eigenvalue weighted by molar-refractivity contribution is 5.78. The highest BCUT2D eigenvalue weighted by Crippen LogP contribution is 2.17. The molecule has 2 unspecified atom stereocenters. The van der Waals surface area contributed by atoms with Gasteiger partial charge in [0.1, 0.15) is 5.82 Å². The summed E-state index contributed by atoms with van der Waals surface area (Å²) in [7, 11) is 0. The number of benzene rings is 1. The molecule has 1 aromatic carbocycles. The van der Waals surface area contributed by atoms with Gasteiger partial charge in [0.2, 0.25) is 5.91 Å². The maximum atomic E-state index is 12.7. The summed E-state index contributed by atoms with van der Waals surface area (Å²) in [5.74, 6) is -0.322. The summed E-state index contributed by atoms with van der Waals surface area (Å²) in [4.78, 5) is 11.9. The van der Waals surface area contributed by atoms with Gasteiger partial charge in [0, 0.05) is 12.1 Å². The third-order valence-electron chi connectivity index (χ3n) is 3.44. The molecule has 18 heavy (non-hydrogen) atoms. The van der Waals surface area contributed by atoms with Crippen molar-refractivity contribution in [3.8, 4) is 0 Å². The Labute approximate surface area is 107 Å². The van der Waals surface area contributed by atoms with E-state index in [9.17, 15) is 9.18 Å². The fourth-order valence-corrected chi connectivity index (χ4v) is 2.38. The quantitative estimate of drug-likeness (QED) is 0.858. The first-order valence-corrected chi connectivity index (χ1v) is 6.44. The molecule has 98 valence electrons. The minimum absolute atomic E-state index is 0.0380. The number of nitrogens with two attached hydrogens (primary N) is 1. The standard InChI is InChI=1S/C14H19FN2O/c15-11-7-5-10(6-8-11)9-14(18)17-13-4-2-1-3-12(13)16/h5-8,12-13H,1-4,9,16H2,(H,17,18).